The largest absolute Gasteiger partial charge is 0.310 e. The van der Waals surface area contributed by atoms with Crippen molar-refractivity contribution in [2.45, 2.75) is 0 Å². The van der Waals surface area contributed by atoms with Crippen molar-refractivity contribution in [1.29, 1.82) is 0 Å². The molecule has 2 nitrogen and oxygen atoms in total. The Morgan fingerprint density at radius 1 is 0.273 bits per heavy atom. The van der Waals surface area contributed by atoms with Crippen molar-refractivity contribution in [2.24, 2.45) is 0 Å². The predicted octanol–water partition coefficient (Wildman–Crippen LogP) is 17.7. The highest BCUT2D eigenvalue weighted by Gasteiger charge is 2.21. The SMILES string of the molecule is c1ccc(-c2ccccc2-c2c(-c3ccccc3)cccc2-c2cccc(N(c3cccc(-c4cccc5c4c4ccccc4n5-c4ccccc4)c3)c3ccc4ccccc4c3)c2)cc1. The van der Waals surface area contributed by atoms with Crippen LogP contribution in [0.5, 0.6) is 0 Å². The molecule has 0 aliphatic carbocycles. The number of para-hydroxylation sites is 2. The van der Waals surface area contributed by atoms with Crippen molar-refractivity contribution in [1.82, 2.24) is 4.57 Å². The van der Waals surface area contributed by atoms with Gasteiger partial charge in [-0.05, 0) is 127 Å². The first-order valence-electron chi connectivity index (χ1n) is 22.7. The van der Waals surface area contributed by atoms with Crippen molar-refractivity contribution >= 4 is 49.6 Å². The predicted molar refractivity (Wildman–Crippen MR) is 280 cm³/mol. The second-order valence-corrected chi connectivity index (χ2v) is 16.9. The van der Waals surface area contributed by atoms with Crippen molar-refractivity contribution in [3.63, 3.8) is 0 Å². The van der Waals surface area contributed by atoms with Crippen LogP contribution in [0.15, 0.2) is 267 Å². The average Bonchev–Trinajstić information content (AvgIpc) is 3.74. The van der Waals surface area contributed by atoms with E-state index in [2.05, 4.69) is 276 Å². The first-order valence-corrected chi connectivity index (χ1v) is 22.7. The first-order chi connectivity index (χ1) is 32.8. The molecule has 0 N–H and O–H groups in total. The number of rotatable bonds is 9. The van der Waals surface area contributed by atoms with Gasteiger partial charge < -0.3 is 9.47 Å². The van der Waals surface area contributed by atoms with Crippen molar-refractivity contribution in [2.75, 3.05) is 4.90 Å². The van der Waals surface area contributed by atoms with Crippen molar-refractivity contribution in [3.8, 4) is 61.3 Å². The van der Waals surface area contributed by atoms with Gasteiger partial charge in [-0.3, -0.25) is 0 Å². The fourth-order valence-corrected chi connectivity index (χ4v) is 10.0. The van der Waals surface area contributed by atoms with Crippen LogP contribution in [0.25, 0.3) is 93.9 Å². The second-order valence-electron chi connectivity index (χ2n) is 16.9. The zero-order valence-corrected chi connectivity index (χ0v) is 36.3. The maximum Gasteiger partial charge on any atom is 0.0547 e. The Bertz CT molecular complexity index is 3700. The molecule has 1 heterocycles. The molecule has 0 unspecified atom stereocenters. The summed E-state index contributed by atoms with van der Waals surface area (Å²) in [5, 5.41) is 4.89. The Hall–Kier alpha value is -8.72. The summed E-state index contributed by atoms with van der Waals surface area (Å²) >= 11 is 0. The van der Waals surface area contributed by atoms with Crippen LogP contribution in [-0.4, -0.2) is 4.57 Å². The van der Waals surface area contributed by atoms with Gasteiger partial charge in [0.05, 0.1) is 11.0 Å². The molecule has 0 atom stereocenters. The summed E-state index contributed by atoms with van der Waals surface area (Å²) in [6, 6.07) is 97.0. The molecule has 0 saturated carbocycles. The lowest BCUT2D eigenvalue weighted by atomic mass is 9.84. The van der Waals surface area contributed by atoms with E-state index in [0.29, 0.717) is 0 Å². The van der Waals surface area contributed by atoms with E-state index in [4.69, 9.17) is 0 Å². The minimum atomic E-state index is 1.08. The zero-order chi connectivity index (χ0) is 43.8. The number of benzene rings is 11. The summed E-state index contributed by atoms with van der Waals surface area (Å²) in [7, 11) is 0. The topological polar surface area (TPSA) is 8.17 Å². The van der Waals surface area contributed by atoms with Crippen LogP contribution in [0.3, 0.4) is 0 Å². The molecule has 310 valence electrons. The van der Waals surface area contributed by atoms with E-state index in [1.54, 1.807) is 0 Å². The van der Waals surface area contributed by atoms with Crippen molar-refractivity contribution < 1.29 is 0 Å². The van der Waals surface area contributed by atoms with E-state index in [1.807, 2.05) is 0 Å². The van der Waals surface area contributed by atoms with Gasteiger partial charge in [-0.25, -0.2) is 0 Å². The zero-order valence-electron chi connectivity index (χ0n) is 36.3. The number of hydrogen-bond acceptors (Lipinski definition) is 1. The summed E-state index contributed by atoms with van der Waals surface area (Å²) < 4.78 is 2.39. The summed E-state index contributed by atoms with van der Waals surface area (Å²) in [6.45, 7) is 0. The first kappa shape index (κ1) is 38.9. The summed E-state index contributed by atoms with van der Waals surface area (Å²) in [5.74, 6) is 0. The molecule has 0 aliphatic rings. The van der Waals surface area contributed by atoms with Gasteiger partial charge in [0, 0.05) is 33.5 Å². The molecule has 0 saturated heterocycles. The quantitative estimate of drug-likeness (QED) is 0.141. The molecule has 1 aromatic heterocycles. The van der Waals surface area contributed by atoms with E-state index in [-0.39, 0.29) is 0 Å². The number of anilines is 3. The lowest BCUT2D eigenvalue weighted by molar-refractivity contribution is 1.18. The standard InChI is InChI=1S/C64H44N2/c1-4-21-46(22-5-1)55-32-12-13-33-59(55)63-56(47-23-6-2-7-24-47)35-18-36-57(63)49-26-16-30-52(43-49)65(54-41-40-45-20-10-11-25-48(45)42-54)53-31-17-27-50(44-53)58-37-19-39-62-64(58)60-34-14-15-38-61(60)66(62)51-28-8-3-9-29-51/h1-44H. The van der Waals surface area contributed by atoms with E-state index >= 15 is 0 Å². The molecule has 0 aliphatic heterocycles. The molecular weight excluding hydrogens is 797 g/mol. The lowest BCUT2D eigenvalue weighted by Crippen LogP contribution is -2.10. The summed E-state index contributed by atoms with van der Waals surface area (Å²) in [4.78, 5) is 2.42. The van der Waals surface area contributed by atoms with Crippen LogP contribution in [0, 0.1) is 0 Å². The Morgan fingerprint density at radius 3 is 1.47 bits per heavy atom. The molecule has 11 aromatic carbocycles. The number of aromatic nitrogens is 1. The van der Waals surface area contributed by atoms with Gasteiger partial charge in [0.15, 0.2) is 0 Å². The molecule has 12 aromatic rings. The molecule has 12 rings (SSSR count). The second kappa shape index (κ2) is 16.8. The third kappa shape index (κ3) is 6.93. The van der Waals surface area contributed by atoms with Gasteiger partial charge in [-0.2, -0.15) is 0 Å². The van der Waals surface area contributed by atoms with Crippen molar-refractivity contribution in [3.05, 3.63) is 267 Å². The highest BCUT2D eigenvalue weighted by atomic mass is 15.1. The molecular formula is C64H44N2. The smallest absolute Gasteiger partial charge is 0.0547 e. The highest BCUT2D eigenvalue weighted by molar-refractivity contribution is 6.16. The molecule has 0 amide bonds. The van der Waals surface area contributed by atoms with Crippen LogP contribution in [0.4, 0.5) is 17.1 Å². The number of nitrogens with zero attached hydrogens (tertiary/aromatic N) is 2. The van der Waals surface area contributed by atoms with Gasteiger partial charge in [-0.15, -0.1) is 0 Å². The Morgan fingerprint density at radius 2 is 0.742 bits per heavy atom. The van der Waals surface area contributed by atoms with E-state index in [1.165, 1.54) is 77.1 Å². The van der Waals surface area contributed by atoms with Gasteiger partial charge in [0.1, 0.15) is 0 Å². The Kier molecular flexibility index (Phi) is 9.89. The normalized spacial score (nSPS) is 11.3. The van der Waals surface area contributed by atoms with Crippen LogP contribution in [0.1, 0.15) is 0 Å². The third-order valence-corrected chi connectivity index (χ3v) is 13.0. The van der Waals surface area contributed by atoms with Crippen LogP contribution in [0.2, 0.25) is 0 Å². The molecule has 0 spiro atoms. The number of hydrogen-bond donors (Lipinski definition) is 0. The Labute approximate surface area is 385 Å². The molecule has 0 radical (unpaired) electrons. The minimum Gasteiger partial charge on any atom is -0.310 e. The fraction of sp³-hybridized carbons (Fsp3) is 0. The summed E-state index contributed by atoms with van der Waals surface area (Å²) in [5.41, 5.74) is 18.6. The third-order valence-electron chi connectivity index (χ3n) is 13.0. The maximum atomic E-state index is 2.42. The molecule has 0 fully saturated rings. The van der Waals surface area contributed by atoms with Gasteiger partial charge in [0.25, 0.3) is 0 Å². The Balaban J connectivity index is 1.06. The molecule has 66 heavy (non-hydrogen) atoms. The van der Waals surface area contributed by atoms with Crippen LogP contribution < -0.4 is 4.90 Å². The monoisotopic (exact) mass is 840 g/mol. The highest BCUT2D eigenvalue weighted by Crippen LogP contribution is 2.47. The van der Waals surface area contributed by atoms with Crippen LogP contribution in [-0.2, 0) is 0 Å². The molecule has 2 heteroatoms. The van der Waals surface area contributed by atoms with Gasteiger partial charge in [0.2, 0.25) is 0 Å². The summed E-state index contributed by atoms with van der Waals surface area (Å²) in [6.07, 6.45) is 0. The van der Waals surface area contributed by atoms with E-state index < -0.39 is 0 Å². The fourth-order valence-electron chi connectivity index (χ4n) is 10.0. The van der Waals surface area contributed by atoms with Gasteiger partial charge >= 0.3 is 0 Å². The molecule has 0 bridgehead atoms. The average molecular weight is 841 g/mol. The van der Waals surface area contributed by atoms with Gasteiger partial charge in [-0.1, -0.05) is 206 Å². The number of fused-ring (bicyclic) bond motifs is 4. The minimum absolute atomic E-state index is 1.08. The maximum absolute atomic E-state index is 2.42. The van der Waals surface area contributed by atoms with E-state index in [9.17, 15) is 0 Å². The van der Waals surface area contributed by atoms with E-state index in [0.717, 1.165) is 33.9 Å². The lowest BCUT2D eigenvalue weighted by Gasteiger charge is -2.27. The van der Waals surface area contributed by atoms with Crippen LogP contribution >= 0.6 is 0 Å².